The van der Waals surface area contributed by atoms with Gasteiger partial charge in [0.05, 0.1) is 15.7 Å². The molecule has 0 aliphatic carbocycles. The molecule has 0 saturated heterocycles. The minimum atomic E-state index is -2.10. The van der Waals surface area contributed by atoms with Gasteiger partial charge in [0, 0.05) is 12.1 Å². The molecule has 120 valence electrons. The van der Waals surface area contributed by atoms with Gasteiger partial charge < -0.3 is 24.9 Å². The van der Waals surface area contributed by atoms with Gasteiger partial charge in [-0.05, 0) is 43.6 Å². The Hall–Kier alpha value is -0.735. The highest BCUT2D eigenvalue weighted by Gasteiger charge is 2.31. The highest BCUT2D eigenvalue weighted by Crippen LogP contribution is 2.25. The molecule has 9 heteroatoms. The number of aliphatic hydroxyl groups is 2. The number of benzene rings is 1. The maximum Gasteiger partial charge on any atom is 0.707 e. The predicted octanol–water partition coefficient (Wildman–Crippen LogP) is 1.60. The third-order valence-corrected chi connectivity index (χ3v) is 3.45. The normalized spacial score (nSPS) is 11.6. The van der Waals surface area contributed by atoms with Gasteiger partial charge in [-0.3, -0.25) is 0 Å². The van der Waals surface area contributed by atoms with E-state index < -0.39 is 30.2 Å². The molecule has 0 fully saturated rings. The summed E-state index contributed by atoms with van der Waals surface area (Å²) in [7, 11) is -2.10. The van der Waals surface area contributed by atoms with E-state index >= 15 is 0 Å². The first-order chi connectivity index (χ1) is 9.25. The van der Waals surface area contributed by atoms with Crippen LogP contribution in [-0.2, 0) is 0 Å². The van der Waals surface area contributed by atoms with Crippen LogP contribution in [0.25, 0.3) is 0 Å². The van der Waals surface area contributed by atoms with Crippen LogP contribution in [0.5, 0.6) is 5.75 Å². The van der Waals surface area contributed by atoms with Crippen molar-refractivity contribution in [2.45, 2.75) is 38.9 Å². The second kappa shape index (κ2) is 7.50. The minimum Gasteiger partial charge on any atom is -0.512 e. The van der Waals surface area contributed by atoms with Crippen molar-refractivity contribution in [3.8, 4) is 5.75 Å². The molecule has 5 nitrogen and oxygen atoms in total. The lowest BCUT2D eigenvalue weighted by molar-refractivity contribution is -0.107. The molecule has 0 aliphatic rings. The van der Waals surface area contributed by atoms with E-state index in [1.165, 1.54) is 0 Å². The molecule has 21 heavy (non-hydrogen) atoms. The maximum absolute atomic E-state index is 12.8. The molecule has 1 rings (SSSR count). The van der Waals surface area contributed by atoms with E-state index in [2.05, 4.69) is 20.6 Å². The summed E-state index contributed by atoms with van der Waals surface area (Å²) in [5.41, 5.74) is -2.01. The van der Waals surface area contributed by atoms with Gasteiger partial charge >= 0.3 is 7.32 Å². The second-order valence-electron chi connectivity index (χ2n) is 5.26. The van der Waals surface area contributed by atoms with Gasteiger partial charge in [0.15, 0.2) is 0 Å². The van der Waals surface area contributed by atoms with Crippen LogP contribution in [0.1, 0.15) is 27.7 Å². The van der Waals surface area contributed by atoms with Crippen LogP contribution in [0.15, 0.2) is 16.6 Å². The molecule has 0 heterocycles. The van der Waals surface area contributed by atoms with Crippen molar-refractivity contribution in [3.63, 3.8) is 0 Å². The molecule has 1 aromatic carbocycles. The molecule has 0 unspecified atom stereocenters. The molecule has 0 saturated carbocycles. The average Bonchev–Trinajstić information content (AvgIpc) is 2.22. The van der Waals surface area contributed by atoms with Crippen LogP contribution in [0.3, 0.4) is 0 Å². The molecule has 0 amide bonds. The Morgan fingerprint density at radius 1 is 1.00 bits per heavy atom. The topological polar surface area (TPSA) is 90.2 Å². The third kappa shape index (κ3) is 7.19. The summed E-state index contributed by atoms with van der Waals surface area (Å²) >= 11 is 2.65. The summed E-state index contributed by atoms with van der Waals surface area (Å²) in [6.07, 6.45) is 0. The minimum absolute atomic E-state index is 0.298. The zero-order chi connectivity index (χ0) is 17.0. The van der Waals surface area contributed by atoms with Gasteiger partial charge in [-0.1, -0.05) is 0 Å². The summed E-state index contributed by atoms with van der Waals surface area (Å²) in [6.45, 7) is 6.31. The second-order valence-corrected chi connectivity index (χ2v) is 6.06. The third-order valence-electron chi connectivity index (χ3n) is 2.70. The first-order valence-electron chi connectivity index (χ1n) is 5.88. The zero-order valence-corrected chi connectivity index (χ0v) is 13.6. The number of halogens is 3. The fraction of sp³-hybridized carbons (Fsp3) is 0.500. The Kier molecular flexibility index (Phi) is 7.24. The van der Waals surface area contributed by atoms with Crippen LogP contribution in [-0.4, -0.2) is 38.8 Å². The quantitative estimate of drug-likeness (QED) is 0.479. The van der Waals surface area contributed by atoms with Crippen molar-refractivity contribution in [1.82, 2.24) is 0 Å². The van der Waals surface area contributed by atoms with Crippen molar-refractivity contribution >= 4 is 23.3 Å². The SMILES string of the molecule is CC(C)(O)C(C)(C)O.OB(O)Oc1cc(F)c(Br)c(F)c1. The van der Waals surface area contributed by atoms with E-state index in [0.717, 1.165) is 12.1 Å². The van der Waals surface area contributed by atoms with Crippen LogP contribution >= 0.6 is 15.9 Å². The molecule has 0 radical (unpaired) electrons. The van der Waals surface area contributed by atoms with Crippen LogP contribution < -0.4 is 4.65 Å². The molecule has 4 N–H and O–H groups in total. The molecular weight excluding hydrogens is 353 g/mol. The lowest BCUT2D eigenvalue weighted by atomic mass is 9.90. The Morgan fingerprint density at radius 3 is 1.57 bits per heavy atom. The van der Waals surface area contributed by atoms with Gasteiger partial charge in [-0.15, -0.1) is 0 Å². The summed E-state index contributed by atoms with van der Waals surface area (Å²) in [6, 6.07) is 1.65. The van der Waals surface area contributed by atoms with Gasteiger partial charge in [-0.2, -0.15) is 0 Å². The van der Waals surface area contributed by atoms with Crippen LogP contribution in [0.4, 0.5) is 8.78 Å². The smallest absolute Gasteiger partial charge is 0.512 e. The lowest BCUT2D eigenvalue weighted by Crippen LogP contribution is -2.44. The van der Waals surface area contributed by atoms with E-state index in [1.54, 1.807) is 27.7 Å². The molecule has 1 aromatic rings. The molecule has 0 atom stereocenters. The van der Waals surface area contributed by atoms with Crippen molar-refractivity contribution in [2.24, 2.45) is 0 Å². The van der Waals surface area contributed by atoms with E-state index in [4.69, 9.17) is 20.3 Å². The number of rotatable bonds is 3. The van der Waals surface area contributed by atoms with Crippen molar-refractivity contribution in [1.29, 1.82) is 0 Å². The van der Waals surface area contributed by atoms with Gasteiger partial charge in [0.2, 0.25) is 0 Å². The first-order valence-corrected chi connectivity index (χ1v) is 6.67. The van der Waals surface area contributed by atoms with E-state index in [1.807, 2.05) is 0 Å². The Balaban J connectivity index is 0.000000433. The highest BCUT2D eigenvalue weighted by atomic mass is 79.9. The Labute approximate surface area is 130 Å². The van der Waals surface area contributed by atoms with Crippen LogP contribution in [0.2, 0.25) is 0 Å². The fourth-order valence-corrected chi connectivity index (χ4v) is 0.951. The molecule has 0 bridgehead atoms. The van der Waals surface area contributed by atoms with E-state index in [0.29, 0.717) is 0 Å². The average molecular weight is 371 g/mol. The fourth-order valence-electron chi connectivity index (χ4n) is 0.722. The van der Waals surface area contributed by atoms with Crippen LogP contribution in [0, 0.1) is 11.6 Å². The summed E-state index contributed by atoms with van der Waals surface area (Å²) in [4.78, 5) is 0. The van der Waals surface area contributed by atoms with Crippen molar-refractivity contribution in [3.05, 3.63) is 28.2 Å². The lowest BCUT2D eigenvalue weighted by Gasteiger charge is -2.31. The zero-order valence-electron chi connectivity index (χ0n) is 12.1. The van der Waals surface area contributed by atoms with E-state index in [9.17, 15) is 8.78 Å². The molecule has 0 aliphatic heterocycles. The highest BCUT2D eigenvalue weighted by molar-refractivity contribution is 9.10. The van der Waals surface area contributed by atoms with Gasteiger partial charge in [0.1, 0.15) is 17.4 Å². The Morgan fingerprint density at radius 2 is 1.33 bits per heavy atom. The largest absolute Gasteiger partial charge is 0.707 e. The van der Waals surface area contributed by atoms with Gasteiger partial charge in [-0.25, -0.2) is 8.78 Å². The first kappa shape index (κ1) is 20.3. The maximum atomic E-state index is 12.8. The van der Waals surface area contributed by atoms with Crippen molar-refractivity contribution < 1.29 is 33.7 Å². The monoisotopic (exact) mass is 370 g/mol. The number of hydrogen-bond acceptors (Lipinski definition) is 5. The summed E-state index contributed by atoms with van der Waals surface area (Å²) in [5.74, 6) is -2.06. The van der Waals surface area contributed by atoms with Gasteiger partial charge in [0.25, 0.3) is 0 Å². The predicted molar refractivity (Wildman–Crippen MR) is 77.5 cm³/mol. The molecular formula is C12H18BBrF2O5. The Bertz CT molecular complexity index is 437. The summed E-state index contributed by atoms with van der Waals surface area (Å²) < 4.78 is 29.4. The number of hydrogen-bond donors (Lipinski definition) is 4. The molecule has 0 aromatic heterocycles. The summed E-state index contributed by atoms with van der Waals surface area (Å²) in [5, 5.41) is 34.9. The van der Waals surface area contributed by atoms with Crippen molar-refractivity contribution in [2.75, 3.05) is 0 Å². The van der Waals surface area contributed by atoms with E-state index in [-0.39, 0.29) is 10.2 Å². The molecule has 0 spiro atoms. The standard InChI is InChI=1S/C6H4BBrF2O3.C6H14O2/c8-6-4(9)1-3(2-5(6)10)13-7(11)12;1-5(2,7)6(3,4)8/h1-2,11-12H;7-8H,1-4H3.